The first kappa shape index (κ1) is 16.5. The number of nitrogens with one attached hydrogen (secondary N) is 1. The van der Waals surface area contributed by atoms with Gasteiger partial charge in [-0.3, -0.25) is 9.88 Å². The summed E-state index contributed by atoms with van der Waals surface area (Å²) in [7, 11) is -3.57. The molecular weight excluding hydrogens is 334 g/mol. The van der Waals surface area contributed by atoms with E-state index < -0.39 is 10.0 Å². The third kappa shape index (κ3) is 4.14. The third-order valence-electron chi connectivity index (χ3n) is 3.77. The second kappa shape index (κ2) is 7.48. The zero-order valence-electron chi connectivity index (χ0n) is 12.6. The van der Waals surface area contributed by atoms with Gasteiger partial charge in [-0.1, -0.05) is 0 Å². The molecule has 0 aromatic carbocycles. The minimum absolute atomic E-state index is 0.0997. The molecule has 124 valence electrons. The Morgan fingerprint density at radius 1 is 1.30 bits per heavy atom. The quantitative estimate of drug-likeness (QED) is 0.853. The van der Waals surface area contributed by atoms with Gasteiger partial charge in [0, 0.05) is 43.5 Å². The summed E-state index contributed by atoms with van der Waals surface area (Å²) in [5, 5.41) is 0. The first-order chi connectivity index (χ1) is 11.2. The first-order valence-electron chi connectivity index (χ1n) is 7.42. The van der Waals surface area contributed by atoms with Crippen molar-refractivity contribution in [2.24, 2.45) is 0 Å². The van der Waals surface area contributed by atoms with Crippen LogP contribution in [0.25, 0.3) is 0 Å². The van der Waals surface area contributed by atoms with E-state index in [-0.39, 0.29) is 17.5 Å². The molecule has 0 aliphatic carbocycles. The minimum atomic E-state index is -3.57. The number of thioether (sulfide) groups is 1. The second-order valence-electron chi connectivity index (χ2n) is 5.22. The Kier molecular flexibility index (Phi) is 5.37. The maximum absolute atomic E-state index is 12.4. The summed E-state index contributed by atoms with van der Waals surface area (Å²) < 4.78 is 33.0. The molecule has 3 heterocycles. The summed E-state index contributed by atoms with van der Waals surface area (Å²) in [6.07, 6.45) is 4.52. The van der Waals surface area contributed by atoms with Crippen molar-refractivity contribution in [1.29, 1.82) is 0 Å². The Morgan fingerprint density at radius 2 is 2.13 bits per heavy atom. The molecule has 6 nitrogen and oxygen atoms in total. The molecule has 8 heteroatoms. The van der Waals surface area contributed by atoms with Crippen LogP contribution in [0.15, 0.2) is 52.2 Å². The summed E-state index contributed by atoms with van der Waals surface area (Å²) in [6.45, 7) is 2.12. The van der Waals surface area contributed by atoms with Crippen LogP contribution in [0.5, 0.6) is 0 Å². The third-order valence-corrected chi connectivity index (χ3v) is 6.12. The van der Waals surface area contributed by atoms with Crippen LogP contribution in [-0.2, 0) is 10.0 Å². The van der Waals surface area contributed by atoms with Gasteiger partial charge >= 0.3 is 0 Å². The number of hydrogen-bond donors (Lipinski definition) is 1. The van der Waals surface area contributed by atoms with Crippen molar-refractivity contribution in [2.45, 2.75) is 10.9 Å². The molecule has 0 amide bonds. The molecule has 0 radical (unpaired) electrons. The van der Waals surface area contributed by atoms with Gasteiger partial charge in [0.05, 0.1) is 12.3 Å². The van der Waals surface area contributed by atoms with E-state index in [2.05, 4.69) is 14.6 Å². The zero-order chi connectivity index (χ0) is 16.1. The van der Waals surface area contributed by atoms with Crippen molar-refractivity contribution < 1.29 is 12.8 Å². The first-order valence-corrected chi connectivity index (χ1v) is 10.1. The van der Waals surface area contributed by atoms with Crippen LogP contribution in [0.4, 0.5) is 0 Å². The molecule has 1 saturated heterocycles. The molecule has 2 aromatic rings. The predicted molar refractivity (Wildman–Crippen MR) is 89.8 cm³/mol. The molecule has 1 fully saturated rings. The molecule has 23 heavy (non-hydrogen) atoms. The van der Waals surface area contributed by atoms with Gasteiger partial charge in [0.1, 0.15) is 10.7 Å². The van der Waals surface area contributed by atoms with Gasteiger partial charge < -0.3 is 4.42 Å². The molecule has 0 spiro atoms. The zero-order valence-corrected chi connectivity index (χ0v) is 14.2. The second-order valence-corrected chi connectivity index (χ2v) is 8.21. The van der Waals surface area contributed by atoms with Gasteiger partial charge in [-0.2, -0.15) is 11.8 Å². The van der Waals surface area contributed by atoms with Crippen LogP contribution in [0.3, 0.4) is 0 Å². The normalized spacial score (nSPS) is 17.9. The van der Waals surface area contributed by atoms with Crippen molar-refractivity contribution in [1.82, 2.24) is 14.6 Å². The van der Waals surface area contributed by atoms with Crippen LogP contribution in [0.1, 0.15) is 11.8 Å². The van der Waals surface area contributed by atoms with Gasteiger partial charge in [-0.25, -0.2) is 13.1 Å². The lowest BCUT2D eigenvalue weighted by Gasteiger charge is -2.33. The van der Waals surface area contributed by atoms with E-state index >= 15 is 0 Å². The van der Waals surface area contributed by atoms with E-state index in [1.807, 2.05) is 23.9 Å². The molecule has 0 saturated carbocycles. The molecule has 2 aromatic heterocycles. The molecule has 1 atom stereocenters. The Balaban J connectivity index is 1.74. The molecule has 0 bridgehead atoms. The van der Waals surface area contributed by atoms with Gasteiger partial charge in [-0.15, -0.1) is 0 Å². The average Bonchev–Trinajstić information content (AvgIpc) is 3.11. The van der Waals surface area contributed by atoms with Gasteiger partial charge in [-0.05, 0) is 24.3 Å². The Morgan fingerprint density at radius 3 is 2.78 bits per heavy atom. The highest BCUT2D eigenvalue weighted by Gasteiger charge is 2.26. The summed E-state index contributed by atoms with van der Waals surface area (Å²) in [6, 6.07) is 6.77. The van der Waals surface area contributed by atoms with E-state index in [4.69, 9.17) is 4.42 Å². The van der Waals surface area contributed by atoms with Crippen molar-refractivity contribution in [3.05, 3.63) is 48.7 Å². The molecule has 3 rings (SSSR count). The van der Waals surface area contributed by atoms with Crippen molar-refractivity contribution in [3.8, 4) is 0 Å². The largest absolute Gasteiger partial charge is 0.468 e. The Labute approximate surface area is 140 Å². The number of rotatable bonds is 6. The summed E-state index contributed by atoms with van der Waals surface area (Å²) in [5.74, 6) is 2.88. The number of furan rings is 1. The van der Waals surface area contributed by atoms with Gasteiger partial charge in [0.15, 0.2) is 0 Å². The number of sulfonamides is 1. The number of pyridine rings is 1. The monoisotopic (exact) mass is 353 g/mol. The number of aromatic nitrogens is 1. The molecule has 1 aliphatic rings. The topological polar surface area (TPSA) is 75.4 Å². The van der Waals surface area contributed by atoms with Crippen molar-refractivity contribution >= 4 is 21.8 Å². The summed E-state index contributed by atoms with van der Waals surface area (Å²) in [5.41, 5.74) is 0. The highest BCUT2D eigenvalue weighted by Crippen LogP contribution is 2.24. The highest BCUT2D eigenvalue weighted by atomic mass is 32.2. The van der Waals surface area contributed by atoms with Crippen molar-refractivity contribution in [2.75, 3.05) is 31.1 Å². The SMILES string of the molecule is O=S(=O)(NC[C@H](c1ccco1)N1CCSCC1)c1cccnc1. The van der Waals surface area contributed by atoms with E-state index in [1.165, 1.54) is 12.3 Å². The van der Waals surface area contributed by atoms with E-state index in [9.17, 15) is 8.42 Å². The summed E-state index contributed by atoms with van der Waals surface area (Å²) >= 11 is 1.91. The molecular formula is C15H19N3O3S2. The highest BCUT2D eigenvalue weighted by molar-refractivity contribution is 7.99. The number of hydrogen-bond acceptors (Lipinski definition) is 6. The molecule has 0 unspecified atom stereocenters. The smallest absolute Gasteiger partial charge is 0.242 e. The van der Waals surface area contributed by atoms with Gasteiger partial charge in [0.2, 0.25) is 10.0 Å². The number of nitrogens with zero attached hydrogens (tertiary/aromatic N) is 2. The fourth-order valence-electron chi connectivity index (χ4n) is 2.56. The predicted octanol–water partition coefficient (Wildman–Crippen LogP) is 1.74. The fourth-order valence-corrected chi connectivity index (χ4v) is 4.49. The van der Waals surface area contributed by atoms with Crippen LogP contribution >= 0.6 is 11.8 Å². The van der Waals surface area contributed by atoms with E-state index in [0.717, 1.165) is 30.4 Å². The van der Waals surface area contributed by atoms with E-state index in [0.29, 0.717) is 0 Å². The lowest BCUT2D eigenvalue weighted by atomic mass is 10.2. The van der Waals surface area contributed by atoms with Crippen LogP contribution in [0.2, 0.25) is 0 Å². The van der Waals surface area contributed by atoms with Crippen LogP contribution < -0.4 is 4.72 Å². The van der Waals surface area contributed by atoms with Crippen LogP contribution in [0, 0.1) is 0 Å². The van der Waals surface area contributed by atoms with Crippen molar-refractivity contribution in [3.63, 3.8) is 0 Å². The van der Waals surface area contributed by atoms with Crippen LogP contribution in [-0.4, -0.2) is 49.4 Å². The maximum Gasteiger partial charge on any atom is 0.242 e. The standard InChI is InChI=1S/C15H19N3O3S2/c19-23(20,13-3-1-5-16-11-13)17-12-14(15-4-2-8-21-15)18-6-9-22-10-7-18/h1-5,8,11,14,17H,6-7,9-10,12H2/t14-/m1/s1. The molecule has 1 aliphatic heterocycles. The maximum atomic E-state index is 12.4. The average molecular weight is 353 g/mol. The van der Waals surface area contributed by atoms with Gasteiger partial charge in [0.25, 0.3) is 0 Å². The Bertz CT molecular complexity index is 699. The lowest BCUT2D eigenvalue weighted by Crippen LogP contribution is -2.41. The summed E-state index contributed by atoms with van der Waals surface area (Å²) in [4.78, 5) is 6.31. The minimum Gasteiger partial charge on any atom is -0.468 e. The Hall–Kier alpha value is -1.35. The lowest BCUT2D eigenvalue weighted by molar-refractivity contribution is 0.193. The molecule has 1 N–H and O–H groups in total. The fraction of sp³-hybridized carbons (Fsp3) is 0.400. The van der Waals surface area contributed by atoms with E-state index in [1.54, 1.807) is 18.5 Å².